The molecule has 0 saturated heterocycles. The van der Waals surface area contributed by atoms with Crippen LogP contribution in [0.25, 0.3) is 0 Å². The summed E-state index contributed by atoms with van der Waals surface area (Å²) in [4.78, 5) is 0. The van der Waals surface area contributed by atoms with Gasteiger partial charge >= 0.3 is 0 Å². The van der Waals surface area contributed by atoms with Crippen molar-refractivity contribution in [2.75, 3.05) is 7.11 Å². The van der Waals surface area contributed by atoms with Gasteiger partial charge < -0.3 is 9.47 Å². The van der Waals surface area contributed by atoms with E-state index in [2.05, 4.69) is 18.7 Å². The van der Waals surface area contributed by atoms with E-state index in [-0.39, 0.29) is 5.92 Å². The van der Waals surface area contributed by atoms with Gasteiger partial charge in [0.15, 0.2) is 0 Å². The van der Waals surface area contributed by atoms with Crippen molar-refractivity contribution in [3.63, 3.8) is 0 Å². The van der Waals surface area contributed by atoms with Crippen LogP contribution in [0.5, 0.6) is 11.5 Å². The van der Waals surface area contributed by atoms with Crippen LogP contribution in [-0.4, -0.2) is 7.11 Å². The summed E-state index contributed by atoms with van der Waals surface area (Å²) in [7, 11) is 1.68. The molecule has 2 heteroatoms. The van der Waals surface area contributed by atoms with Crippen molar-refractivity contribution in [2.24, 2.45) is 0 Å². The fourth-order valence-corrected chi connectivity index (χ4v) is 2.14. The molecule has 1 heterocycles. The largest absolute Gasteiger partial charge is 0.496 e. The molecule has 2 aromatic rings. The minimum Gasteiger partial charge on any atom is -0.496 e. The molecule has 17 heavy (non-hydrogen) atoms. The van der Waals surface area contributed by atoms with E-state index in [1.165, 1.54) is 0 Å². The molecule has 1 atom stereocenters. The molecular weight excluding hydrogens is 212 g/mol. The molecular formula is C15H12O2. The summed E-state index contributed by atoms with van der Waals surface area (Å²) in [5.74, 6) is 1.71. The zero-order valence-electron chi connectivity index (χ0n) is 9.51. The lowest BCUT2D eigenvalue weighted by Crippen LogP contribution is -1.99. The molecule has 0 bridgehead atoms. The minimum atomic E-state index is 0.0300. The highest BCUT2D eigenvalue weighted by molar-refractivity contribution is 5.55. The number of benzene rings is 2. The van der Waals surface area contributed by atoms with Crippen molar-refractivity contribution >= 4 is 0 Å². The molecule has 0 aliphatic carbocycles. The van der Waals surface area contributed by atoms with Crippen LogP contribution < -0.4 is 9.47 Å². The van der Waals surface area contributed by atoms with Gasteiger partial charge in [0.05, 0.1) is 13.0 Å². The zero-order valence-corrected chi connectivity index (χ0v) is 9.51. The Kier molecular flexibility index (Phi) is 2.48. The summed E-state index contributed by atoms with van der Waals surface area (Å²) in [6.45, 7) is 3.03. The van der Waals surface area contributed by atoms with Gasteiger partial charge in [0.25, 0.3) is 0 Å². The van der Waals surface area contributed by atoms with Gasteiger partial charge in [0.2, 0.25) is 6.61 Å². The van der Waals surface area contributed by atoms with Gasteiger partial charge in [-0.25, -0.2) is 0 Å². The first-order chi connectivity index (χ1) is 8.40. The van der Waals surface area contributed by atoms with E-state index in [1.807, 2.05) is 36.4 Å². The first kappa shape index (κ1) is 10.2. The van der Waals surface area contributed by atoms with Crippen molar-refractivity contribution in [1.29, 1.82) is 0 Å². The van der Waals surface area contributed by atoms with Crippen LogP contribution in [0, 0.1) is 6.61 Å². The number of ether oxygens (including phenoxy) is 2. The number of rotatable bonds is 2. The van der Waals surface area contributed by atoms with Crippen LogP contribution in [0.1, 0.15) is 17.0 Å². The average Bonchev–Trinajstić information content (AvgIpc) is 2.83. The fraction of sp³-hybridized carbons (Fsp3) is 0.133. The van der Waals surface area contributed by atoms with E-state index in [1.54, 1.807) is 7.11 Å². The maximum Gasteiger partial charge on any atom is 0.209 e. The van der Waals surface area contributed by atoms with E-state index in [0.29, 0.717) is 0 Å². The van der Waals surface area contributed by atoms with Crippen molar-refractivity contribution in [3.05, 3.63) is 66.3 Å². The molecule has 1 unspecified atom stereocenters. The minimum absolute atomic E-state index is 0.0300. The van der Waals surface area contributed by atoms with E-state index >= 15 is 0 Å². The second-order valence-corrected chi connectivity index (χ2v) is 3.94. The summed E-state index contributed by atoms with van der Waals surface area (Å²) in [6, 6.07) is 16.0. The first-order valence-electron chi connectivity index (χ1n) is 5.54. The molecule has 3 rings (SSSR count). The summed E-state index contributed by atoms with van der Waals surface area (Å²) in [5.41, 5.74) is 2.22. The third-order valence-corrected chi connectivity index (χ3v) is 2.95. The maximum atomic E-state index is 5.48. The van der Waals surface area contributed by atoms with Crippen LogP contribution in [0.3, 0.4) is 0 Å². The predicted molar refractivity (Wildman–Crippen MR) is 65.2 cm³/mol. The third kappa shape index (κ3) is 1.66. The molecule has 0 N–H and O–H groups in total. The molecule has 0 fully saturated rings. The van der Waals surface area contributed by atoms with E-state index in [9.17, 15) is 0 Å². The molecule has 0 spiro atoms. The van der Waals surface area contributed by atoms with Crippen LogP contribution in [0.4, 0.5) is 0 Å². The van der Waals surface area contributed by atoms with Crippen molar-refractivity contribution in [2.45, 2.75) is 5.92 Å². The average molecular weight is 224 g/mol. The quantitative estimate of drug-likeness (QED) is 0.779. The van der Waals surface area contributed by atoms with Crippen LogP contribution in [-0.2, 0) is 0 Å². The monoisotopic (exact) mass is 224 g/mol. The Labute approximate surface area is 101 Å². The Bertz CT molecular complexity index is 520. The van der Waals surface area contributed by atoms with Crippen LogP contribution in [0.15, 0.2) is 48.5 Å². The van der Waals surface area contributed by atoms with Gasteiger partial charge in [-0.05, 0) is 17.7 Å². The Morgan fingerprint density at radius 3 is 2.65 bits per heavy atom. The second kappa shape index (κ2) is 4.13. The van der Waals surface area contributed by atoms with E-state index < -0.39 is 0 Å². The molecule has 2 radical (unpaired) electrons. The molecule has 84 valence electrons. The molecule has 1 aliphatic rings. The van der Waals surface area contributed by atoms with Gasteiger partial charge in [-0.15, -0.1) is 0 Å². The highest BCUT2D eigenvalue weighted by atomic mass is 16.5. The molecule has 1 aliphatic heterocycles. The first-order valence-corrected chi connectivity index (χ1v) is 5.54. The van der Waals surface area contributed by atoms with Crippen molar-refractivity contribution < 1.29 is 9.47 Å². The number of hydrogen-bond acceptors (Lipinski definition) is 2. The third-order valence-electron chi connectivity index (χ3n) is 2.95. The van der Waals surface area contributed by atoms with E-state index in [4.69, 9.17) is 9.47 Å². The Balaban J connectivity index is 2.09. The molecule has 0 amide bonds. The van der Waals surface area contributed by atoms with Gasteiger partial charge in [-0.1, -0.05) is 36.4 Å². The van der Waals surface area contributed by atoms with E-state index in [0.717, 1.165) is 22.6 Å². The van der Waals surface area contributed by atoms with Crippen molar-refractivity contribution in [3.8, 4) is 11.5 Å². The highest BCUT2D eigenvalue weighted by Crippen LogP contribution is 2.45. The van der Waals surface area contributed by atoms with Crippen LogP contribution >= 0.6 is 0 Å². The number of hydrogen-bond donors (Lipinski definition) is 0. The zero-order chi connectivity index (χ0) is 11.7. The highest BCUT2D eigenvalue weighted by Gasteiger charge is 2.30. The molecule has 0 saturated carbocycles. The smallest absolute Gasteiger partial charge is 0.209 e. The van der Waals surface area contributed by atoms with Gasteiger partial charge in [0.1, 0.15) is 11.5 Å². The summed E-state index contributed by atoms with van der Waals surface area (Å²) in [6.07, 6.45) is 0. The normalized spacial score (nSPS) is 17.4. The fourth-order valence-electron chi connectivity index (χ4n) is 2.14. The summed E-state index contributed by atoms with van der Waals surface area (Å²) < 4.78 is 10.9. The lowest BCUT2D eigenvalue weighted by Gasteiger charge is -2.11. The Morgan fingerprint density at radius 1 is 1.06 bits per heavy atom. The summed E-state index contributed by atoms with van der Waals surface area (Å²) >= 11 is 0. The lowest BCUT2D eigenvalue weighted by atomic mass is 9.92. The summed E-state index contributed by atoms with van der Waals surface area (Å²) in [5, 5.41) is 0. The molecule has 0 aromatic heterocycles. The predicted octanol–water partition coefficient (Wildman–Crippen LogP) is 3.26. The van der Waals surface area contributed by atoms with Gasteiger partial charge in [-0.2, -0.15) is 0 Å². The number of methoxy groups -OCH3 is 1. The second-order valence-electron chi connectivity index (χ2n) is 3.94. The SMILES string of the molecule is COc1cccc2c1C(c1ccccc1)[C]O2. The molecule has 2 aromatic carbocycles. The van der Waals surface area contributed by atoms with Crippen LogP contribution in [0.2, 0.25) is 0 Å². The topological polar surface area (TPSA) is 18.5 Å². The number of fused-ring (bicyclic) bond motifs is 1. The Hall–Kier alpha value is -1.96. The standard InChI is InChI=1S/C15H12O2/c1-16-13-8-5-9-14-15(13)12(10-17-14)11-6-3-2-4-7-11/h2-9,12H,1H3. The van der Waals surface area contributed by atoms with Crippen molar-refractivity contribution in [1.82, 2.24) is 0 Å². The lowest BCUT2D eigenvalue weighted by molar-refractivity contribution is 0.409. The molecule has 2 nitrogen and oxygen atoms in total. The maximum absolute atomic E-state index is 5.48. The Morgan fingerprint density at radius 2 is 1.88 bits per heavy atom. The van der Waals surface area contributed by atoms with Gasteiger partial charge in [0, 0.05) is 5.56 Å². The van der Waals surface area contributed by atoms with Gasteiger partial charge in [-0.3, -0.25) is 0 Å².